The normalized spacial score (nSPS) is 15.9. The van der Waals surface area contributed by atoms with Crippen molar-refractivity contribution in [2.45, 2.75) is 49.5 Å². The van der Waals surface area contributed by atoms with E-state index in [-0.39, 0.29) is 16.8 Å². The number of aliphatic imine (C=N–C) groups is 1. The maximum atomic E-state index is 13.2. The Labute approximate surface area is 183 Å². The summed E-state index contributed by atoms with van der Waals surface area (Å²) in [5, 5.41) is 1.78. The Hall–Kier alpha value is -2.65. The molecule has 1 amide bonds. The number of fused-ring (bicyclic) bond motifs is 1. The van der Waals surface area contributed by atoms with Gasteiger partial charge < -0.3 is 16.4 Å². The van der Waals surface area contributed by atoms with Crippen LogP contribution in [0.4, 0.5) is 0 Å². The average molecular weight is 446 g/mol. The molecule has 1 aliphatic rings. The molecule has 3 rings (SSSR count). The zero-order valence-electron chi connectivity index (χ0n) is 17.7. The minimum atomic E-state index is -3.88. The molecule has 0 radical (unpaired) electrons. The first-order valence-electron chi connectivity index (χ1n) is 10.7. The number of guanidine groups is 1. The summed E-state index contributed by atoms with van der Waals surface area (Å²) in [6, 6.07) is 11.7. The molecule has 168 valence electrons. The minimum absolute atomic E-state index is 0.0212. The number of carbonyl (C=O) groups excluding carboxylic acids is 1. The summed E-state index contributed by atoms with van der Waals surface area (Å²) in [7, 11) is -3.88. The molecule has 0 aromatic heterocycles. The van der Waals surface area contributed by atoms with Crippen LogP contribution >= 0.6 is 0 Å². The van der Waals surface area contributed by atoms with Gasteiger partial charge in [-0.15, -0.1) is 0 Å². The lowest BCUT2D eigenvalue weighted by molar-refractivity contribution is -0.133. The highest BCUT2D eigenvalue weighted by molar-refractivity contribution is 7.89. The summed E-state index contributed by atoms with van der Waals surface area (Å²) in [6.45, 7) is 1.64. The van der Waals surface area contributed by atoms with Gasteiger partial charge in [0.25, 0.3) is 0 Å². The van der Waals surface area contributed by atoms with Gasteiger partial charge in [-0.05, 0) is 48.6 Å². The molecule has 0 spiro atoms. The van der Waals surface area contributed by atoms with Crippen LogP contribution in [0, 0.1) is 0 Å². The van der Waals surface area contributed by atoms with Gasteiger partial charge in [-0.3, -0.25) is 9.79 Å². The summed E-state index contributed by atoms with van der Waals surface area (Å²) in [6.07, 6.45) is 4.85. The van der Waals surface area contributed by atoms with Gasteiger partial charge in [0, 0.05) is 19.6 Å². The van der Waals surface area contributed by atoms with Gasteiger partial charge in [0.05, 0.1) is 4.90 Å². The third kappa shape index (κ3) is 6.41. The number of likely N-dealkylation sites (tertiary alicyclic amines) is 1. The fourth-order valence-corrected chi connectivity index (χ4v) is 5.10. The van der Waals surface area contributed by atoms with Crippen molar-refractivity contribution in [3.05, 3.63) is 42.5 Å². The van der Waals surface area contributed by atoms with Gasteiger partial charge in [-0.2, -0.15) is 4.72 Å². The van der Waals surface area contributed by atoms with E-state index in [9.17, 15) is 13.2 Å². The van der Waals surface area contributed by atoms with Crippen molar-refractivity contribution in [3.8, 4) is 0 Å². The summed E-state index contributed by atoms with van der Waals surface area (Å²) in [4.78, 5) is 19.1. The Bertz CT molecular complexity index is 1030. The Morgan fingerprint density at radius 3 is 2.39 bits per heavy atom. The standard InChI is InChI=1S/C22H31N5O3S/c23-22(24)25-13-7-10-20(21(28)27-14-5-1-2-6-15-27)26-31(29,30)19-12-11-17-8-3-4-9-18(17)16-19/h3-4,8-9,11-12,16,20,26H,1-2,5-7,10,13-15H2,(H4,23,24,25). The number of carbonyl (C=O) groups is 1. The Morgan fingerprint density at radius 2 is 1.71 bits per heavy atom. The number of amides is 1. The number of benzene rings is 2. The van der Waals surface area contributed by atoms with Crippen LogP contribution in [-0.2, 0) is 14.8 Å². The first-order chi connectivity index (χ1) is 14.9. The molecule has 1 atom stereocenters. The van der Waals surface area contributed by atoms with Crippen molar-refractivity contribution in [1.29, 1.82) is 0 Å². The molecular formula is C22H31N5O3S. The van der Waals surface area contributed by atoms with Gasteiger partial charge in [0.15, 0.2) is 5.96 Å². The van der Waals surface area contributed by atoms with Crippen LogP contribution < -0.4 is 16.2 Å². The highest BCUT2D eigenvalue weighted by atomic mass is 32.2. The van der Waals surface area contributed by atoms with Crippen LogP contribution in [0.15, 0.2) is 52.4 Å². The largest absolute Gasteiger partial charge is 0.370 e. The number of hydrogen-bond acceptors (Lipinski definition) is 4. The summed E-state index contributed by atoms with van der Waals surface area (Å²) >= 11 is 0. The summed E-state index contributed by atoms with van der Waals surface area (Å²) in [5.74, 6) is -0.205. The van der Waals surface area contributed by atoms with Gasteiger partial charge in [-0.25, -0.2) is 8.42 Å². The highest BCUT2D eigenvalue weighted by Gasteiger charge is 2.29. The van der Waals surface area contributed by atoms with E-state index in [2.05, 4.69) is 9.71 Å². The molecule has 9 heteroatoms. The molecule has 1 unspecified atom stereocenters. The maximum absolute atomic E-state index is 13.2. The molecule has 2 aromatic carbocycles. The molecule has 1 heterocycles. The molecular weight excluding hydrogens is 414 g/mol. The molecule has 2 aromatic rings. The van der Waals surface area contributed by atoms with Crippen LogP contribution in [0.3, 0.4) is 0 Å². The summed E-state index contributed by atoms with van der Waals surface area (Å²) < 4.78 is 28.9. The average Bonchev–Trinajstić information content (AvgIpc) is 3.04. The molecule has 1 aliphatic heterocycles. The van der Waals surface area contributed by atoms with Gasteiger partial charge >= 0.3 is 0 Å². The number of nitrogens with two attached hydrogens (primary N) is 2. The number of sulfonamides is 1. The van der Waals surface area contributed by atoms with Crippen LogP contribution in [0.25, 0.3) is 10.8 Å². The number of hydrogen-bond donors (Lipinski definition) is 3. The zero-order valence-corrected chi connectivity index (χ0v) is 18.5. The number of nitrogens with one attached hydrogen (secondary N) is 1. The van der Waals surface area contributed by atoms with Crippen LogP contribution in [0.2, 0.25) is 0 Å². The van der Waals surface area contributed by atoms with E-state index in [1.807, 2.05) is 24.3 Å². The van der Waals surface area contributed by atoms with E-state index in [0.717, 1.165) is 36.5 Å². The Balaban J connectivity index is 1.80. The van der Waals surface area contributed by atoms with E-state index in [1.165, 1.54) is 0 Å². The third-order valence-electron chi connectivity index (χ3n) is 5.49. The molecule has 5 N–H and O–H groups in total. The monoisotopic (exact) mass is 445 g/mol. The van der Waals surface area contributed by atoms with Crippen LogP contribution in [0.5, 0.6) is 0 Å². The second-order valence-electron chi connectivity index (χ2n) is 7.87. The first-order valence-corrected chi connectivity index (χ1v) is 12.2. The van der Waals surface area contributed by atoms with Gasteiger partial charge in [-0.1, -0.05) is 43.2 Å². The third-order valence-corrected chi connectivity index (χ3v) is 6.96. The molecule has 1 fully saturated rings. The SMILES string of the molecule is NC(N)=NCCCC(NS(=O)(=O)c1ccc2ccccc2c1)C(=O)N1CCCCCC1. The second kappa shape index (κ2) is 10.6. The molecule has 0 aliphatic carbocycles. The van der Waals surface area contributed by atoms with Crippen LogP contribution in [-0.4, -0.2) is 50.9 Å². The van der Waals surface area contributed by atoms with E-state index >= 15 is 0 Å². The van der Waals surface area contributed by atoms with Crippen molar-refractivity contribution in [2.24, 2.45) is 16.5 Å². The van der Waals surface area contributed by atoms with E-state index in [0.29, 0.717) is 32.5 Å². The van der Waals surface area contributed by atoms with E-state index in [4.69, 9.17) is 11.5 Å². The van der Waals surface area contributed by atoms with Crippen molar-refractivity contribution < 1.29 is 13.2 Å². The van der Waals surface area contributed by atoms with Crippen molar-refractivity contribution in [1.82, 2.24) is 9.62 Å². The second-order valence-corrected chi connectivity index (χ2v) is 9.59. The predicted molar refractivity (Wildman–Crippen MR) is 123 cm³/mol. The lowest BCUT2D eigenvalue weighted by atomic mass is 10.1. The molecule has 0 bridgehead atoms. The predicted octanol–water partition coefficient (Wildman–Crippen LogP) is 1.94. The van der Waals surface area contributed by atoms with Crippen LogP contribution in [0.1, 0.15) is 38.5 Å². The summed E-state index contributed by atoms with van der Waals surface area (Å²) in [5.41, 5.74) is 10.7. The zero-order chi connectivity index (χ0) is 22.3. The van der Waals surface area contributed by atoms with Crippen molar-refractivity contribution in [2.75, 3.05) is 19.6 Å². The van der Waals surface area contributed by atoms with Crippen molar-refractivity contribution >= 4 is 32.7 Å². The topological polar surface area (TPSA) is 131 Å². The Kier molecular flexibility index (Phi) is 7.86. The minimum Gasteiger partial charge on any atom is -0.370 e. The molecule has 8 nitrogen and oxygen atoms in total. The number of nitrogens with zero attached hydrogens (tertiary/aromatic N) is 2. The highest BCUT2D eigenvalue weighted by Crippen LogP contribution is 2.20. The molecule has 31 heavy (non-hydrogen) atoms. The smallest absolute Gasteiger partial charge is 0.241 e. The fraction of sp³-hybridized carbons (Fsp3) is 0.455. The lowest BCUT2D eigenvalue weighted by Crippen LogP contribution is -2.48. The first kappa shape index (κ1) is 23.0. The lowest BCUT2D eigenvalue weighted by Gasteiger charge is -2.26. The fourth-order valence-electron chi connectivity index (χ4n) is 3.84. The van der Waals surface area contributed by atoms with Crippen molar-refractivity contribution in [3.63, 3.8) is 0 Å². The molecule has 0 saturated carbocycles. The maximum Gasteiger partial charge on any atom is 0.241 e. The molecule has 1 saturated heterocycles. The van der Waals surface area contributed by atoms with Gasteiger partial charge in [0.2, 0.25) is 15.9 Å². The van der Waals surface area contributed by atoms with E-state index in [1.54, 1.807) is 23.1 Å². The Morgan fingerprint density at radius 1 is 1.03 bits per heavy atom. The van der Waals surface area contributed by atoms with Gasteiger partial charge in [0.1, 0.15) is 6.04 Å². The van der Waals surface area contributed by atoms with E-state index < -0.39 is 16.1 Å². The number of rotatable bonds is 8. The quantitative estimate of drug-likeness (QED) is 0.325.